The standard InChI is InChI=1S/C19H19N3OS/c1-13-11-18(15(3)22(13)16-7-5-4-6-8-16)19(23)21-20-12-17-10-9-14(2)24-17/h4-12H,1-3H3,(H,21,23)/b20-12-. The zero-order chi connectivity index (χ0) is 17.1. The van der Waals surface area contributed by atoms with Gasteiger partial charge in [0.25, 0.3) is 5.91 Å². The van der Waals surface area contributed by atoms with E-state index < -0.39 is 0 Å². The van der Waals surface area contributed by atoms with E-state index in [1.807, 2.05) is 69.3 Å². The summed E-state index contributed by atoms with van der Waals surface area (Å²) >= 11 is 1.64. The van der Waals surface area contributed by atoms with Crippen molar-refractivity contribution in [3.63, 3.8) is 0 Å². The van der Waals surface area contributed by atoms with Crippen LogP contribution < -0.4 is 5.43 Å². The van der Waals surface area contributed by atoms with Crippen LogP contribution in [0.3, 0.4) is 0 Å². The Kier molecular flexibility index (Phi) is 4.62. The molecule has 0 atom stereocenters. The van der Waals surface area contributed by atoms with E-state index in [1.54, 1.807) is 17.6 Å². The second kappa shape index (κ2) is 6.84. The van der Waals surface area contributed by atoms with Gasteiger partial charge in [0.05, 0.1) is 11.8 Å². The molecule has 122 valence electrons. The molecule has 1 aromatic carbocycles. The largest absolute Gasteiger partial charge is 0.318 e. The number of benzene rings is 1. The number of carbonyl (C=O) groups is 1. The molecule has 2 heterocycles. The van der Waals surface area contributed by atoms with Crippen molar-refractivity contribution in [2.24, 2.45) is 5.10 Å². The van der Waals surface area contributed by atoms with Crippen LogP contribution in [0.15, 0.2) is 53.6 Å². The van der Waals surface area contributed by atoms with Crippen LogP contribution in [0.1, 0.15) is 31.5 Å². The minimum absolute atomic E-state index is 0.199. The molecule has 3 rings (SSSR count). The molecule has 24 heavy (non-hydrogen) atoms. The summed E-state index contributed by atoms with van der Waals surface area (Å²) in [5.41, 5.74) is 6.21. The Bertz CT molecular complexity index is 891. The summed E-state index contributed by atoms with van der Waals surface area (Å²) in [6.07, 6.45) is 1.67. The molecule has 3 aromatic rings. The first-order valence-corrected chi connectivity index (χ1v) is 8.52. The quantitative estimate of drug-likeness (QED) is 0.562. The van der Waals surface area contributed by atoms with E-state index in [0.29, 0.717) is 5.56 Å². The van der Waals surface area contributed by atoms with Crippen molar-refractivity contribution in [2.45, 2.75) is 20.8 Å². The molecule has 1 amide bonds. The molecule has 0 aliphatic rings. The number of carbonyl (C=O) groups excluding carboxylic acids is 1. The van der Waals surface area contributed by atoms with E-state index in [-0.39, 0.29) is 5.91 Å². The Morgan fingerprint density at radius 3 is 2.54 bits per heavy atom. The number of rotatable bonds is 4. The summed E-state index contributed by atoms with van der Waals surface area (Å²) in [6, 6.07) is 15.9. The zero-order valence-electron chi connectivity index (χ0n) is 13.9. The lowest BCUT2D eigenvalue weighted by atomic mass is 10.2. The molecular weight excluding hydrogens is 318 g/mol. The van der Waals surface area contributed by atoms with E-state index >= 15 is 0 Å². The topological polar surface area (TPSA) is 46.4 Å². The fraction of sp³-hybridized carbons (Fsp3) is 0.158. The van der Waals surface area contributed by atoms with E-state index in [9.17, 15) is 4.79 Å². The lowest BCUT2D eigenvalue weighted by Gasteiger charge is -2.09. The number of para-hydroxylation sites is 1. The third kappa shape index (κ3) is 3.31. The Labute approximate surface area is 145 Å². The fourth-order valence-corrected chi connectivity index (χ4v) is 3.45. The second-order valence-electron chi connectivity index (χ2n) is 5.60. The Balaban J connectivity index is 1.80. The maximum atomic E-state index is 12.4. The normalized spacial score (nSPS) is 11.1. The molecule has 0 aliphatic carbocycles. The SMILES string of the molecule is Cc1ccc(/C=N\NC(=O)c2cc(C)n(-c3ccccc3)c2C)s1. The van der Waals surface area contributed by atoms with Gasteiger partial charge < -0.3 is 4.57 Å². The molecule has 1 N–H and O–H groups in total. The third-order valence-electron chi connectivity index (χ3n) is 3.81. The number of hydrogen-bond acceptors (Lipinski definition) is 3. The highest BCUT2D eigenvalue weighted by Crippen LogP contribution is 2.20. The van der Waals surface area contributed by atoms with Gasteiger partial charge in [-0.1, -0.05) is 18.2 Å². The monoisotopic (exact) mass is 337 g/mol. The maximum absolute atomic E-state index is 12.4. The van der Waals surface area contributed by atoms with Gasteiger partial charge in [-0.15, -0.1) is 11.3 Å². The van der Waals surface area contributed by atoms with Gasteiger partial charge in [-0.25, -0.2) is 5.43 Å². The molecule has 0 spiro atoms. The number of aromatic nitrogens is 1. The lowest BCUT2D eigenvalue weighted by Crippen LogP contribution is -2.18. The average Bonchev–Trinajstić information content (AvgIpc) is 3.11. The lowest BCUT2D eigenvalue weighted by molar-refractivity contribution is 0.0954. The van der Waals surface area contributed by atoms with Gasteiger partial charge in [-0.3, -0.25) is 4.79 Å². The van der Waals surface area contributed by atoms with E-state index in [4.69, 9.17) is 0 Å². The van der Waals surface area contributed by atoms with Crippen molar-refractivity contribution in [3.05, 3.63) is 75.2 Å². The summed E-state index contributed by atoms with van der Waals surface area (Å²) in [5.74, 6) is -0.199. The summed E-state index contributed by atoms with van der Waals surface area (Å²) in [7, 11) is 0. The zero-order valence-corrected chi connectivity index (χ0v) is 14.7. The van der Waals surface area contributed by atoms with Crippen molar-refractivity contribution in [3.8, 4) is 5.69 Å². The molecule has 0 aliphatic heterocycles. The van der Waals surface area contributed by atoms with Gasteiger partial charge in [-0.2, -0.15) is 5.10 Å². The molecule has 0 saturated heterocycles. The Morgan fingerprint density at radius 1 is 1.12 bits per heavy atom. The van der Waals surface area contributed by atoms with E-state index in [1.165, 1.54) is 4.88 Å². The summed E-state index contributed by atoms with van der Waals surface area (Å²) < 4.78 is 2.07. The molecule has 0 saturated carbocycles. The third-order valence-corrected chi connectivity index (χ3v) is 4.74. The molecule has 0 fully saturated rings. The average molecular weight is 337 g/mol. The highest BCUT2D eigenvalue weighted by Gasteiger charge is 2.16. The number of nitrogens with one attached hydrogen (secondary N) is 1. The smallest absolute Gasteiger partial charge is 0.273 e. The fourth-order valence-electron chi connectivity index (χ4n) is 2.70. The summed E-state index contributed by atoms with van der Waals surface area (Å²) in [5, 5.41) is 4.06. The highest BCUT2D eigenvalue weighted by atomic mass is 32.1. The molecule has 0 radical (unpaired) electrons. The molecule has 2 aromatic heterocycles. The van der Waals surface area contributed by atoms with Crippen LogP contribution in [0.5, 0.6) is 0 Å². The highest BCUT2D eigenvalue weighted by molar-refractivity contribution is 7.13. The van der Waals surface area contributed by atoms with Crippen LogP contribution in [0.2, 0.25) is 0 Å². The van der Waals surface area contributed by atoms with Crippen LogP contribution in [0, 0.1) is 20.8 Å². The number of aryl methyl sites for hydroxylation is 2. The maximum Gasteiger partial charge on any atom is 0.273 e. The van der Waals surface area contributed by atoms with Gasteiger partial charge in [0, 0.05) is 26.8 Å². The van der Waals surface area contributed by atoms with Crippen molar-refractivity contribution in [2.75, 3.05) is 0 Å². The molecule has 5 heteroatoms. The number of hydrogen-bond donors (Lipinski definition) is 1. The van der Waals surface area contributed by atoms with Crippen molar-refractivity contribution < 1.29 is 4.79 Å². The van der Waals surface area contributed by atoms with Gasteiger partial charge in [0.1, 0.15) is 0 Å². The minimum Gasteiger partial charge on any atom is -0.318 e. The van der Waals surface area contributed by atoms with Crippen molar-refractivity contribution in [1.82, 2.24) is 9.99 Å². The van der Waals surface area contributed by atoms with Gasteiger partial charge in [0.15, 0.2) is 0 Å². The predicted molar refractivity (Wildman–Crippen MR) is 99.4 cm³/mol. The first-order chi connectivity index (χ1) is 11.6. The van der Waals surface area contributed by atoms with Crippen LogP contribution in [-0.2, 0) is 0 Å². The second-order valence-corrected chi connectivity index (χ2v) is 6.92. The number of amides is 1. The number of thiophene rings is 1. The predicted octanol–water partition coefficient (Wildman–Crippen LogP) is 4.23. The summed E-state index contributed by atoms with van der Waals surface area (Å²) in [4.78, 5) is 14.7. The van der Waals surface area contributed by atoms with Crippen LogP contribution >= 0.6 is 11.3 Å². The van der Waals surface area contributed by atoms with Crippen molar-refractivity contribution in [1.29, 1.82) is 0 Å². The summed E-state index contributed by atoms with van der Waals surface area (Å²) in [6.45, 7) is 5.98. The van der Waals surface area contributed by atoms with E-state index in [2.05, 4.69) is 15.1 Å². The minimum atomic E-state index is -0.199. The molecule has 0 bridgehead atoms. The van der Waals surface area contributed by atoms with Crippen LogP contribution in [-0.4, -0.2) is 16.7 Å². The molecular formula is C19H19N3OS. The van der Waals surface area contributed by atoms with Crippen LogP contribution in [0.25, 0.3) is 5.69 Å². The van der Waals surface area contributed by atoms with Crippen LogP contribution in [0.4, 0.5) is 0 Å². The first-order valence-electron chi connectivity index (χ1n) is 7.70. The van der Waals surface area contributed by atoms with Crippen molar-refractivity contribution >= 4 is 23.5 Å². The Morgan fingerprint density at radius 2 is 1.88 bits per heavy atom. The Hall–Kier alpha value is -2.66. The molecule has 0 unspecified atom stereocenters. The number of nitrogens with zero attached hydrogens (tertiary/aromatic N) is 2. The van der Waals surface area contributed by atoms with Gasteiger partial charge in [0.2, 0.25) is 0 Å². The molecule has 4 nitrogen and oxygen atoms in total. The van der Waals surface area contributed by atoms with Gasteiger partial charge in [-0.05, 0) is 51.1 Å². The number of hydrazone groups is 1. The first kappa shape index (κ1) is 16.2. The van der Waals surface area contributed by atoms with Gasteiger partial charge >= 0.3 is 0 Å². The van der Waals surface area contributed by atoms with E-state index in [0.717, 1.165) is 22.0 Å².